The highest BCUT2D eigenvalue weighted by atomic mass is 16.6. The van der Waals surface area contributed by atoms with Crippen molar-refractivity contribution in [2.24, 2.45) is 0 Å². The fourth-order valence-electron chi connectivity index (χ4n) is 0.939. The first-order valence-electron chi connectivity index (χ1n) is 5.94. The van der Waals surface area contributed by atoms with Crippen molar-refractivity contribution in [3.8, 4) is 5.75 Å². The number of hydrogen-bond donors (Lipinski definition) is 3. The van der Waals surface area contributed by atoms with Gasteiger partial charge < -0.3 is 24.8 Å². The van der Waals surface area contributed by atoms with Gasteiger partial charge in [0.25, 0.3) is 0 Å². The maximum Gasteiger partial charge on any atom is 0.330 e. The molecule has 20 heavy (non-hydrogen) atoms. The minimum Gasteiger partial charge on any atom is -0.478 e. The van der Waals surface area contributed by atoms with Crippen LogP contribution in [-0.2, 0) is 9.53 Å². The predicted molar refractivity (Wildman–Crippen MR) is 73.4 cm³/mol. The van der Waals surface area contributed by atoms with Gasteiger partial charge in [-0.2, -0.15) is 0 Å². The molecular formula is C14H20O6. The Morgan fingerprint density at radius 2 is 1.90 bits per heavy atom. The van der Waals surface area contributed by atoms with Crippen LogP contribution in [0.3, 0.4) is 0 Å². The fraction of sp³-hybridized carbons (Fsp3) is 0.357. The second kappa shape index (κ2) is 11.0. The average Bonchev–Trinajstić information content (AvgIpc) is 2.40. The van der Waals surface area contributed by atoms with Gasteiger partial charge >= 0.3 is 5.97 Å². The van der Waals surface area contributed by atoms with Crippen molar-refractivity contribution < 1.29 is 29.6 Å². The van der Waals surface area contributed by atoms with E-state index in [9.17, 15) is 9.90 Å². The molecule has 1 unspecified atom stereocenters. The van der Waals surface area contributed by atoms with Crippen LogP contribution in [0.2, 0.25) is 0 Å². The molecule has 0 radical (unpaired) electrons. The van der Waals surface area contributed by atoms with Crippen LogP contribution in [0, 0.1) is 0 Å². The van der Waals surface area contributed by atoms with E-state index in [1.54, 1.807) is 12.1 Å². The molecule has 1 rings (SSSR count). The minimum absolute atomic E-state index is 0.0510. The molecule has 1 aromatic carbocycles. The Balaban J connectivity index is 0.000000511. The number of para-hydroxylation sites is 1. The van der Waals surface area contributed by atoms with Gasteiger partial charge in [0.2, 0.25) is 6.29 Å². The van der Waals surface area contributed by atoms with Crippen molar-refractivity contribution in [3.63, 3.8) is 0 Å². The third-order valence-electron chi connectivity index (χ3n) is 1.88. The highest BCUT2D eigenvalue weighted by Gasteiger charge is 2.04. The number of carboxylic acids is 1. The third-order valence-corrected chi connectivity index (χ3v) is 1.88. The lowest BCUT2D eigenvalue weighted by atomic mass is 10.3. The molecule has 0 saturated heterocycles. The summed E-state index contributed by atoms with van der Waals surface area (Å²) in [5.41, 5.74) is 0.176. The Labute approximate surface area is 117 Å². The summed E-state index contributed by atoms with van der Waals surface area (Å²) in [4.78, 5) is 9.60. The zero-order chi connectivity index (χ0) is 15.4. The molecule has 0 fully saturated rings. The summed E-state index contributed by atoms with van der Waals surface area (Å²) in [5, 5.41) is 25.6. The van der Waals surface area contributed by atoms with Crippen molar-refractivity contribution in [1.29, 1.82) is 0 Å². The second-order valence-electron chi connectivity index (χ2n) is 3.77. The lowest BCUT2D eigenvalue weighted by Gasteiger charge is -2.12. The fourth-order valence-corrected chi connectivity index (χ4v) is 0.939. The van der Waals surface area contributed by atoms with Crippen molar-refractivity contribution in [2.75, 3.05) is 19.8 Å². The molecule has 6 nitrogen and oxygen atoms in total. The summed E-state index contributed by atoms with van der Waals surface area (Å²) in [6.45, 7) is 4.80. The molecule has 3 N–H and O–H groups in total. The van der Waals surface area contributed by atoms with Gasteiger partial charge in [0.15, 0.2) is 0 Å². The van der Waals surface area contributed by atoms with Crippen LogP contribution in [0.4, 0.5) is 0 Å². The molecule has 1 aromatic rings. The van der Waals surface area contributed by atoms with Crippen molar-refractivity contribution in [1.82, 2.24) is 0 Å². The summed E-state index contributed by atoms with van der Waals surface area (Å²) in [6, 6.07) is 8.99. The Hall–Kier alpha value is -1.89. The highest BCUT2D eigenvalue weighted by Crippen LogP contribution is 2.09. The van der Waals surface area contributed by atoms with Gasteiger partial charge in [-0.3, -0.25) is 0 Å². The van der Waals surface area contributed by atoms with Crippen LogP contribution in [0.5, 0.6) is 5.75 Å². The van der Waals surface area contributed by atoms with E-state index in [4.69, 9.17) is 19.7 Å². The molecule has 1 atom stereocenters. The van der Waals surface area contributed by atoms with Gasteiger partial charge in [0.05, 0.1) is 13.2 Å². The lowest BCUT2D eigenvalue weighted by molar-refractivity contribution is -0.132. The second-order valence-corrected chi connectivity index (χ2v) is 3.77. The quantitative estimate of drug-likeness (QED) is 0.393. The zero-order valence-electron chi connectivity index (χ0n) is 11.4. The number of carboxylic acid groups (broad SMARTS) is 1. The number of aliphatic carboxylic acids is 1. The SMILES string of the molecule is C=C(C)C(=O)O.OCCOCC(O)Oc1ccccc1. The summed E-state index contributed by atoms with van der Waals surface area (Å²) >= 11 is 0. The molecule has 0 aliphatic rings. The number of ether oxygens (including phenoxy) is 2. The normalized spacial score (nSPS) is 10.9. The molecule has 0 amide bonds. The smallest absolute Gasteiger partial charge is 0.330 e. The molecule has 0 aromatic heterocycles. The number of carbonyl (C=O) groups is 1. The first kappa shape index (κ1) is 18.1. The minimum atomic E-state index is -0.996. The first-order chi connectivity index (χ1) is 9.47. The zero-order valence-corrected chi connectivity index (χ0v) is 11.4. The van der Waals surface area contributed by atoms with Crippen LogP contribution in [-0.4, -0.2) is 47.4 Å². The average molecular weight is 284 g/mol. The first-order valence-corrected chi connectivity index (χ1v) is 5.94. The maximum atomic E-state index is 9.60. The maximum absolute atomic E-state index is 9.60. The Morgan fingerprint density at radius 3 is 2.35 bits per heavy atom. The van der Waals surface area contributed by atoms with E-state index in [2.05, 4.69) is 6.58 Å². The van der Waals surface area contributed by atoms with E-state index in [-0.39, 0.29) is 25.4 Å². The molecule has 0 aliphatic carbocycles. The van der Waals surface area contributed by atoms with Gasteiger partial charge in [0.1, 0.15) is 12.4 Å². The van der Waals surface area contributed by atoms with Gasteiger partial charge in [-0.15, -0.1) is 0 Å². The van der Waals surface area contributed by atoms with E-state index in [1.807, 2.05) is 18.2 Å². The summed E-state index contributed by atoms with van der Waals surface area (Å²) in [5.74, 6) is -0.345. The van der Waals surface area contributed by atoms with Crippen LogP contribution >= 0.6 is 0 Å². The van der Waals surface area contributed by atoms with E-state index in [0.29, 0.717) is 5.75 Å². The monoisotopic (exact) mass is 284 g/mol. The highest BCUT2D eigenvalue weighted by molar-refractivity contribution is 5.84. The van der Waals surface area contributed by atoms with Crippen molar-refractivity contribution in [2.45, 2.75) is 13.2 Å². The number of aliphatic hydroxyl groups is 2. The number of rotatable bonds is 7. The van der Waals surface area contributed by atoms with E-state index >= 15 is 0 Å². The lowest BCUT2D eigenvalue weighted by Crippen LogP contribution is -2.23. The predicted octanol–water partition coefficient (Wildman–Crippen LogP) is 1.04. The third kappa shape index (κ3) is 10.1. The number of benzene rings is 1. The van der Waals surface area contributed by atoms with Crippen LogP contribution < -0.4 is 4.74 Å². The molecule has 0 aliphatic heterocycles. The number of aliphatic hydroxyl groups excluding tert-OH is 2. The summed E-state index contributed by atoms with van der Waals surface area (Å²) in [7, 11) is 0. The molecule has 112 valence electrons. The number of hydrogen-bond acceptors (Lipinski definition) is 5. The van der Waals surface area contributed by atoms with Gasteiger partial charge in [-0.05, 0) is 19.1 Å². The largest absolute Gasteiger partial charge is 0.478 e. The Bertz CT molecular complexity index is 378. The van der Waals surface area contributed by atoms with Gasteiger partial charge in [-0.1, -0.05) is 24.8 Å². The molecular weight excluding hydrogens is 264 g/mol. The molecule has 6 heteroatoms. The van der Waals surface area contributed by atoms with E-state index < -0.39 is 12.3 Å². The topological polar surface area (TPSA) is 96.2 Å². The van der Waals surface area contributed by atoms with Gasteiger partial charge in [-0.25, -0.2) is 4.79 Å². The summed E-state index contributed by atoms with van der Waals surface area (Å²) in [6.07, 6.45) is -0.996. The molecule has 0 bridgehead atoms. The molecule has 0 saturated carbocycles. The van der Waals surface area contributed by atoms with Crippen molar-refractivity contribution >= 4 is 5.97 Å². The van der Waals surface area contributed by atoms with Crippen molar-refractivity contribution in [3.05, 3.63) is 42.5 Å². The summed E-state index contributed by atoms with van der Waals surface area (Å²) < 4.78 is 10.0. The standard InChI is InChI=1S/C10H14O4.C4H6O2/c11-6-7-13-8-10(12)14-9-4-2-1-3-5-9;1-3(2)4(5)6/h1-5,10-12H,6-8H2;1H2,2H3,(H,5,6). The Kier molecular flexibility index (Phi) is 9.94. The van der Waals surface area contributed by atoms with Crippen LogP contribution in [0.1, 0.15) is 6.92 Å². The molecule has 0 heterocycles. The molecule has 0 spiro atoms. The van der Waals surface area contributed by atoms with E-state index in [0.717, 1.165) is 0 Å². The van der Waals surface area contributed by atoms with Crippen LogP contribution in [0.15, 0.2) is 42.5 Å². The van der Waals surface area contributed by atoms with Gasteiger partial charge in [0, 0.05) is 5.57 Å². The van der Waals surface area contributed by atoms with Crippen LogP contribution in [0.25, 0.3) is 0 Å². The van der Waals surface area contributed by atoms with E-state index in [1.165, 1.54) is 6.92 Å². The Morgan fingerprint density at radius 1 is 1.35 bits per heavy atom.